The van der Waals surface area contributed by atoms with E-state index in [0.717, 1.165) is 12.2 Å². The van der Waals surface area contributed by atoms with Gasteiger partial charge in [0.05, 0.1) is 7.11 Å². The first-order chi connectivity index (χ1) is 9.24. The molecule has 2 rings (SSSR count). The van der Waals surface area contributed by atoms with Gasteiger partial charge in [-0.25, -0.2) is 0 Å². The standard InChI is InChI=1S/C16H19NO2/c1-3-16(18)17-10-9-13-6-4-5-12-7-8-14(19-2)11-15(12)13/h4-8,11H,3,9-10H2,1-2H3,(H,17,18). The zero-order chi connectivity index (χ0) is 13.7. The Balaban J connectivity index is 2.19. The van der Waals surface area contributed by atoms with Crippen LogP contribution in [0.1, 0.15) is 18.9 Å². The van der Waals surface area contributed by atoms with E-state index in [9.17, 15) is 4.79 Å². The summed E-state index contributed by atoms with van der Waals surface area (Å²) in [5, 5.41) is 5.29. The van der Waals surface area contributed by atoms with Gasteiger partial charge in [0, 0.05) is 13.0 Å². The Morgan fingerprint density at radius 1 is 1.26 bits per heavy atom. The lowest BCUT2D eigenvalue weighted by Crippen LogP contribution is -2.24. The molecule has 0 aliphatic heterocycles. The van der Waals surface area contributed by atoms with Crippen LogP contribution in [0.15, 0.2) is 36.4 Å². The van der Waals surface area contributed by atoms with Crippen LogP contribution in [0.25, 0.3) is 10.8 Å². The molecule has 0 saturated heterocycles. The van der Waals surface area contributed by atoms with Gasteiger partial charge in [0.1, 0.15) is 5.75 Å². The predicted molar refractivity (Wildman–Crippen MR) is 77.5 cm³/mol. The molecule has 19 heavy (non-hydrogen) atoms. The molecule has 0 atom stereocenters. The molecule has 1 N–H and O–H groups in total. The maximum Gasteiger partial charge on any atom is 0.219 e. The first kappa shape index (κ1) is 13.4. The molecule has 0 heterocycles. The van der Waals surface area contributed by atoms with E-state index in [-0.39, 0.29) is 5.91 Å². The lowest BCUT2D eigenvalue weighted by Gasteiger charge is -2.09. The van der Waals surface area contributed by atoms with Gasteiger partial charge in [0.25, 0.3) is 0 Å². The average Bonchev–Trinajstić information content (AvgIpc) is 2.46. The van der Waals surface area contributed by atoms with Crippen LogP contribution in [0.5, 0.6) is 5.75 Å². The number of carbonyl (C=O) groups is 1. The van der Waals surface area contributed by atoms with E-state index in [1.807, 2.05) is 25.1 Å². The fourth-order valence-corrected chi connectivity index (χ4v) is 2.12. The van der Waals surface area contributed by atoms with Crippen molar-refractivity contribution in [2.75, 3.05) is 13.7 Å². The van der Waals surface area contributed by atoms with E-state index >= 15 is 0 Å². The molecule has 0 aliphatic carbocycles. The monoisotopic (exact) mass is 257 g/mol. The Labute approximate surface area is 113 Å². The molecule has 0 spiro atoms. The van der Waals surface area contributed by atoms with Gasteiger partial charge in [0.2, 0.25) is 5.91 Å². The smallest absolute Gasteiger partial charge is 0.219 e. The van der Waals surface area contributed by atoms with Crippen LogP contribution in [0.2, 0.25) is 0 Å². The van der Waals surface area contributed by atoms with E-state index in [0.29, 0.717) is 13.0 Å². The number of nitrogens with one attached hydrogen (secondary N) is 1. The second kappa shape index (κ2) is 6.23. The second-order valence-electron chi connectivity index (χ2n) is 4.46. The third-order valence-corrected chi connectivity index (χ3v) is 3.22. The molecule has 0 saturated carbocycles. The lowest BCUT2D eigenvalue weighted by molar-refractivity contribution is -0.120. The van der Waals surface area contributed by atoms with Gasteiger partial charge in [-0.05, 0) is 34.9 Å². The fourth-order valence-electron chi connectivity index (χ4n) is 2.12. The highest BCUT2D eigenvalue weighted by molar-refractivity contribution is 5.87. The van der Waals surface area contributed by atoms with Crippen molar-refractivity contribution in [3.05, 3.63) is 42.0 Å². The van der Waals surface area contributed by atoms with Gasteiger partial charge >= 0.3 is 0 Å². The Morgan fingerprint density at radius 3 is 2.84 bits per heavy atom. The number of ether oxygens (including phenoxy) is 1. The predicted octanol–water partition coefficient (Wildman–Crippen LogP) is 2.92. The van der Waals surface area contributed by atoms with Crippen LogP contribution in [-0.4, -0.2) is 19.6 Å². The zero-order valence-corrected chi connectivity index (χ0v) is 11.4. The third kappa shape index (κ3) is 3.25. The quantitative estimate of drug-likeness (QED) is 0.894. The summed E-state index contributed by atoms with van der Waals surface area (Å²) in [6.45, 7) is 2.53. The van der Waals surface area contributed by atoms with Crippen molar-refractivity contribution in [3.63, 3.8) is 0 Å². The molecule has 0 fully saturated rings. The molecule has 0 unspecified atom stereocenters. The number of benzene rings is 2. The first-order valence-electron chi connectivity index (χ1n) is 6.57. The van der Waals surface area contributed by atoms with Gasteiger partial charge in [-0.15, -0.1) is 0 Å². The maximum absolute atomic E-state index is 11.2. The van der Waals surface area contributed by atoms with E-state index in [1.165, 1.54) is 16.3 Å². The SMILES string of the molecule is CCC(=O)NCCc1cccc2ccc(OC)cc12. The minimum absolute atomic E-state index is 0.0952. The van der Waals surface area contributed by atoms with Crippen LogP contribution in [0.3, 0.4) is 0 Å². The van der Waals surface area contributed by atoms with Crippen molar-refractivity contribution in [1.82, 2.24) is 5.32 Å². The number of amides is 1. The summed E-state index contributed by atoms with van der Waals surface area (Å²) in [5.74, 6) is 0.954. The zero-order valence-electron chi connectivity index (χ0n) is 11.4. The minimum atomic E-state index is 0.0952. The van der Waals surface area contributed by atoms with E-state index in [2.05, 4.69) is 23.5 Å². The van der Waals surface area contributed by atoms with Crippen molar-refractivity contribution in [1.29, 1.82) is 0 Å². The van der Waals surface area contributed by atoms with E-state index < -0.39 is 0 Å². The molecular formula is C16H19NO2. The summed E-state index contributed by atoms with van der Waals surface area (Å²) >= 11 is 0. The highest BCUT2D eigenvalue weighted by atomic mass is 16.5. The van der Waals surface area contributed by atoms with Crippen molar-refractivity contribution in [3.8, 4) is 5.75 Å². The number of hydrogen-bond acceptors (Lipinski definition) is 2. The molecule has 1 amide bonds. The average molecular weight is 257 g/mol. The molecule has 0 bridgehead atoms. The number of carbonyl (C=O) groups excluding carboxylic acids is 1. The van der Waals surface area contributed by atoms with Crippen molar-refractivity contribution in [2.45, 2.75) is 19.8 Å². The molecule has 3 nitrogen and oxygen atoms in total. The summed E-state index contributed by atoms with van der Waals surface area (Å²) < 4.78 is 5.27. The highest BCUT2D eigenvalue weighted by Crippen LogP contribution is 2.24. The molecular weight excluding hydrogens is 238 g/mol. The number of methoxy groups -OCH3 is 1. The van der Waals surface area contributed by atoms with Crippen molar-refractivity contribution in [2.24, 2.45) is 0 Å². The Hall–Kier alpha value is -2.03. The topological polar surface area (TPSA) is 38.3 Å². The maximum atomic E-state index is 11.2. The summed E-state index contributed by atoms with van der Waals surface area (Å²) in [6, 6.07) is 12.3. The molecule has 0 aromatic heterocycles. The van der Waals surface area contributed by atoms with Crippen LogP contribution in [0, 0.1) is 0 Å². The van der Waals surface area contributed by atoms with Gasteiger partial charge < -0.3 is 10.1 Å². The molecule has 0 radical (unpaired) electrons. The van der Waals surface area contributed by atoms with Crippen LogP contribution >= 0.6 is 0 Å². The molecule has 100 valence electrons. The lowest BCUT2D eigenvalue weighted by atomic mass is 10.0. The molecule has 3 heteroatoms. The summed E-state index contributed by atoms with van der Waals surface area (Å²) in [5.41, 5.74) is 1.23. The highest BCUT2D eigenvalue weighted by Gasteiger charge is 2.03. The van der Waals surface area contributed by atoms with Crippen molar-refractivity contribution < 1.29 is 9.53 Å². The van der Waals surface area contributed by atoms with Crippen LogP contribution in [-0.2, 0) is 11.2 Å². The fraction of sp³-hybridized carbons (Fsp3) is 0.312. The van der Waals surface area contributed by atoms with E-state index in [4.69, 9.17) is 4.74 Å². The molecule has 2 aromatic rings. The molecule has 0 aliphatic rings. The Kier molecular flexibility index (Phi) is 4.39. The van der Waals surface area contributed by atoms with Crippen molar-refractivity contribution >= 4 is 16.7 Å². The Morgan fingerprint density at radius 2 is 2.11 bits per heavy atom. The van der Waals surface area contributed by atoms with Gasteiger partial charge in [-0.3, -0.25) is 4.79 Å². The normalized spacial score (nSPS) is 10.4. The second-order valence-corrected chi connectivity index (χ2v) is 4.46. The van der Waals surface area contributed by atoms with Gasteiger partial charge in [-0.2, -0.15) is 0 Å². The summed E-state index contributed by atoms with van der Waals surface area (Å²) in [6.07, 6.45) is 1.36. The number of rotatable bonds is 5. The number of fused-ring (bicyclic) bond motifs is 1. The number of hydrogen-bond donors (Lipinski definition) is 1. The third-order valence-electron chi connectivity index (χ3n) is 3.22. The molecule has 2 aromatic carbocycles. The minimum Gasteiger partial charge on any atom is -0.497 e. The van der Waals surface area contributed by atoms with E-state index in [1.54, 1.807) is 7.11 Å². The summed E-state index contributed by atoms with van der Waals surface area (Å²) in [7, 11) is 1.67. The van der Waals surface area contributed by atoms with Gasteiger partial charge in [-0.1, -0.05) is 31.2 Å². The van der Waals surface area contributed by atoms with Gasteiger partial charge in [0.15, 0.2) is 0 Å². The first-order valence-corrected chi connectivity index (χ1v) is 6.57. The largest absolute Gasteiger partial charge is 0.497 e. The van der Waals surface area contributed by atoms with Crippen LogP contribution in [0.4, 0.5) is 0 Å². The van der Waals surface area contributed by atoms with Crippen LogP contribution < -0.4 is 10.1 Å². The summed E-state index contributed by atoms with van der Waals surface area (Å²) in [4.78, 5) is 11.2. The Bertz CT molecular complexity index is 578.